The number of hydrogen-bond donors (Lipinski definition) is 2. The number of sulfonamides is 1. The van der Waals surface area contributed by atoms with Crippen LogP contribution in [0.3, 0.4) is 0 Å². The van der Waals surface area contributed by atoms with Crippen LogP contribution in [-0.4, -0.2) is 13.0 Å². The highest BCUT2D eigenvalue weighted by Gasteiger charge is 2.18. The molecule has 0 amide bonds. The summed E-state index contributed by atoms with van der Waals surface area (Å²) in [6.45, 7) is 4.39. The topological polar surface area (TPSA) is 77.1 Å². The lowest BCUT2D eigenvalue weighted by atomic mass is 10.2. The minimum Gasteiger partial charge on any atom is -0.349 e. The fourth-order valence-electron chi connectivity index (χ4n) is 2.06. The van der Waals surface area contributed by atoms with Crippen LogP contribution in [0.25, 0.3) is 0 Å². The molecule has 0 aliphatic carbocycles. The first kappa shape index (κ1) is 15.5. The van der Waals surface area contributed by atoms with Crippen molar-refractivity contribution in [2.75, 3.05) is 4.72 Å². The Morgan fingerprint density at radius 3 is 2.57 bits per heavy atom. The Hall–Kier alpha value is -1.86. The summed E-state index contributed by atoms with van der Waals surface area (Å²) in [5, 5.41) is 0. The third-order valence-electron chi connectivity index (χ3n) is 3.23. The number of hydrogen-bond acceptors (Lipinski definition) is 3. The van der Waals surface area contributed by atoms with E-state index in [0.29, 0.717) is 17.8 Å². The average Bonchev–Trinajstić information content (AvgIpc) is 2.86. The van der Waals surface area contributed by atoms with E-state index in [1.165, 1.54) is 18.2 Å². The van der Waals surface area contributed by atoms with Gasteiger partial charge in [-0.3, -0.25) is 4.72 Å². The van der Waals surface area contributed by atoms with Gasteiger partial charge in [-0.05, 0) is 43.7 Å². The predicted molar refractivity (Wildman–Crippen MR) is 79.9 cm³/mol. The molecule has 2 aromatic rings. The predicted octanol–water partition coefficient (Wildman–Crippen LogP) is 2.22. The van der Waals surface area contributed by atoms with Crippen molar-refractivity contribution >= 4 is 15.7 Å². The van der Waals surface area contributed by atoms with Crippen LogP contribution >= 0.6 is 0 Å². The molecule has 0 atom stereocenters. The highest BCUT2D eigenvalue weighted by molar-refractivity contribution is 7.92. The molecule has 0 saturated heterocycles. The first-order chi connectivity index (χ1) is 9.87. The third-order valence-corrected chi connectivity index (χ3v) is 4.58. The van der Waals surface area contributed by atoms with Gasteiger partial charge in [-0.15, -0.1) is 0 Å². The van der Waals surface area contributed by atoms with Crippen molar-refractivity contribution in [1.29, 1.82) is 0 Å². The minimum atomic E-state index is -3.71. The molecule has 5 nitrogen and oxygen atoms in total. The van der Waals surface area contributed by atoms with Crippen molar-refractivity contribution in [1.82, 2.24) is 4.57 Å². The SMILES string of the molecule is CCn1cc(S(=O)(=O)Nc2ccc(F)c(C)c2)cc1CN. The van der Waals surface area contributed by atoms with E-state index in [0.717, 1.165) is 5.69 Å². The van der Waals surface area contributed by atoms with Gasteiger partial charge < -0.3 is 10.3 Å². The summed E-state index contributed by atoms with van der Waals surface area (Å²) < 4.78 is 42.1. The van der Waals surface area contributed by atoms with Gasteiger partial charge in [0, 0.05) is 30.7 Å². The van der Waals surface area contributed by atoms with Gasteiger partial charge in [-0.25, -0.2) is 12.8 Å². The third kappa shape index (κ3) is 3.25. The van der Waals surface area contributed by atoms with Gasteiger partial charge in [0.05, 0.1) is 0 Å². The molecule has 0 unspecified atom stereocenters. The molecular formula is C14H18FN3O2S. The van der Waals surface area contributed by atoms with Gasteiger partial charge in [-0.1, -0.05) is 0 Å². The summed E-state index contributed by atoms with van der Waals surface area (Å²) >= 11 is 0. The maximum absolute atomic E-state index is 13.2. The summed E-state index contributed by atoms with van der Waals surface area (Å²) in [6, 6.07) is 5.62. The van der Waals surface area contributed by atoms with Gasteiger partial charge in [0.2, 0.25) is 0 Å². The van der Waals surface area contributed by atoms with E-state index in [1.807, 2.05) is 6.92 Å². The molecule has 21 heavy (non-hydrogen) atoms. The molecule has 2 rings (SSSR count). The second kappa shape index (κ2) is 5.87. The number of rotatable bonds is 5. The standard InChI is InChI=1S/C14H18FN3O2S/c1-3-18-9-13(7-12(18)8-16)21(19,20)17-11-4-5-14(15)10(2)6-11/h4-7,9,17H,3,8,16H2,1-2H3. The second-order valence-corrected chi connectivity index (χ2v) is 6.41. The lowest BCUT2D eigenvalue weighted by Gasteiger charge is -2.07. The van der Waals surface area contributed by atoms with Crippen LogP contribution in [0.5, 0.6) is 0 Å². The highest BCUT2D eigenvalue weighted by atomic mass is 32.2. The molecular weight excluding hydrogens is 293 g/mol. The highest BCUT2D eigenvalue weighted by Crippen LogP contribution is 2.20. The van der Waals surface area contributed by atoms with Crippen LogP contribution in [0.1, 0.15) is 18.2 Å². The number of aromatic nitrogens is 1. The van der Waals surface area contributed by atoms with Gasteiger partial charge in [-0.2, -0.15) is 0 Å². The number of benzene rings is 1. The minimum absolute atomic E-state index is 0.145. The lowest BCUT2D eigenvalue weighted by Crippen LogP contribution is -2.12. The molecule has 1 aromatic carbocycles. The Bertz CT molecular complexity index is 732. The molecule has 0 aliphatic heterocycles. The summed E-state index contributed by atoms with van der Waals surface area (Å²) in [4.78, 5) is 0.145. The fraction of sp³-hybridized carbons (Fsp3) is 0.286. The molecule has 3 N–H and O–H groups in total. The number of nitrogens with one attached hydrogen (secondary N) is 1. The Kier molecular flexibility index (Phi) is 4.34. The molecule has 0 fully saturated rings. The zero-order valence-electron chi connectivity index (χ0n) is 11.9. The summed E-state index contributed by atoms with van der Waals surface area (Å²) in [5.74, 6) is -0.375. The number of aryl methyl sites for hydroxylation is 2. The van der Waals surface area contributed by atoms with Gasteiger partial charge in [0.1, 0.15) is 10.7 Å². The number of halogens is 1. The zero-order chi connectivity index (χ0) is 15.6. The first-order valence-electron chi connectivity index (χ1n) is 6.55. The van der Waals surface area contributed by atoms with Crippen LogP contribution in [0.2, 0.25) is 0 Å². The van der Waals surface area contributed by atoms with Crippen LogP contribution in [0.4, 0.5) is 10.1 Å². The van der Waals surface area contributed by atoms with Gasteiger partial charge in [0.15, 0.2) is 0 Å². The maximum Gasteiger partial charge on any atom is 0.263 e. The molecule has 114 valence electrons. The lowest BCUT2D eigenvalue weighted by molar-refractivity contribution is 0.600. The Balaban J connectivity index is 2.33. The van der Waals surface area contributed by atoms with E-state index in [1.54, 1.807) is 23.8 Å². The smallest absolute Gasteiger partial charge is 0.263 e. The van der Waals surface area contributed by atoms with Crippen LogP contribution in [-0.2, 0) is 23.1 Å². The van der Waals surface area contributed by atoms with E-state index < -0.39 is 10.0 Å². The van der Waals surface area contributed by atoms with Crippen molar-refractivity contribution in [3.05, 3.63) is 47.5 Å². The van der Waals surface area contributed by atoms with E-state index in [-0.39, 0.29) is 17.3 Å². The van der Waals surface area contributed by atoms with Crippen molar-refractivity contribution in [3.8, 4) is 0 Å². The average molecular weight is 311 g/mol. The van der Waals surface area contributed by atoms with Crippen molar-refractivity contribution < 1.29 is 12.8 Å². The van der Waals surface area contributed by atoms with Crippen LogP contribution < -0.4 is 10.5 Å². The Morgan fingerprint density at radius 2 is 2.05 bits per heavy atom. The van der Waals surface area contributed by atoms with Crippen LogP contribution in [0, 0.1) is 12.7 Å². The molecule has 0 radical (unpaired) electrons. The van der Waals surface area contributed by atoms with E-state index in [4.69, 9.17) is 5.73 Å². The fourth-order valence-corrected chi connectivity index (χ4v) is 3.17. The van der Waals surface area contributed by atoms with Crippen molar-refractivity contribution in [3.63, 3.8) is 0 Å². The van der Waals surface area contributed by atoms with E-state index in [9.17, 15) is 12.8 Å². The molecule has 0 spiro atoms. The molecule has 7 heteroatoms. The van der Waals surface area contributed by atoms with Crippen molar-refractivity contribution in [2.24, 2.45) is 5.73 Å². The second-order valence-electron chi connectivity index (χ2n) is 4.73. The molecule has 0 bridgehead atoms. The summed E-state index contributed by atoms with van der Waals surface area (Å²) in [5.41, 5.74) is 7.04. The largest absolute Gasteiger partial charge is 0.349 e. The van der Waals surface area contributed by atoms with Crippen LogP contribution in [0.15, 0.2) is 35.4 Å². The van der Waals surface area contributed by atoms with E-state index in [2.05, 4.69) is 4.72 Å². The quantitative estimate of drug-likeness (QED) is 0.889. The summed E-state index contributed by atoms with van der Waals surface area (Å²) in [7, 11) is -3.71. The monoisotopic (exact) mass is 311 g/mol. The summed E-state index contributed by atoms with van der Waals surface area (Å²) in [6.07, 6.45) is 1.54. The molecule has 1 aromatic heterocycles. The van der Waals surface area contributed by atoms with Gasteiger partial charge in [0.25, 0.3) is 10.0 Å². The Morgan fingerprint density at radius 1 is 1.33 bits per heavy atom. The number of anilines is 1. The normalized spacial score (nSPS) is 11.6. The first-order valence-corrected chi connectivity index (χ1v) is 8.03. The Labute approximate surface area is 123 Å². The maximum atomic E-state index is 13.2. The van der Waals surface area contributed by atoms with Crippen molar-refractivity contribution in [2.45, 2.75) is 31.8 Å². The number of nitrogens with two attached hydrogens (primary N) is 1. The molecule has 0 aliphatic rings. The van der Waals surface area contributed by atoms with Gasteiger partial charge >= 0.3 is 0 Å². The zero-order valence-corrected chi connectivity index (χ0v) is 12.7. The van der Waals surface area contributed by atoms with E-state index >= 15 is 0 Å². The number of nitrogens with zero attached hydrogens (tertiary/aromatic N) is 1. The molecule has 0 saturated carbocycles. The molecule has 1 heterocycles.